The standard InChI is InChI=1S/C23H28FN3O5S/c1-15(2)25-33(30,31)22-14-18(6-8-21(22)32-4)23(29)27-11-9-26(10-12-27)20-7-5-17(16(3)28)13-19(20)24/h5-8,13-15,25H,9-12H2,1-4H3. The lowest BCUT2D eigenvalue weighted by Gasteiger charge is -2.36. The fourth-order valence-corrected chi connectivity index (χ4v) is 5.15. The Morgan fingerprint density at radius 3 is 2.21 bits per heavy atom. The van der Waals surface area contributed by atoms with Gasteiger partial charge in [-0.2, -0.15) is 0 Å². The lowest BCUT2D eigenvalue weighted by Crippen LogP contribution is -2.49. The molecule has 10 heteroatoms. The molecular formula is C23H28FN3O5S. The Kier molecular flexibility index (Phi) is 7.38. The van der Waals surface area contributed by atoms with Crippen LogP contribution < -0.4 is 14.4 Å². The van der Waals surface area contributed by atoms with Gasteiger partial charge in [0, 0.05) is 43.3 Å². The minimum atomic E-state index is -3.87. The molecule has 1 N–H and O–H groups in total. The van der Waals surface area contributed by atoms with E-state index in [0.29, 0.717) is 37.4 Å². The first-order chi connectivity index (χ1) is 15.5. The van der Waals surface area contributed by atoms with Gasteiger partial charge < -0.3 is 14.5 Å². The van der Waals surface area contributed by atoms with Crippen LogP contribution in [0.4, 0.5) is 10.1 Å². The van der Waals surface area contributed by atoms with Crippen molar-refractivity contribution in [2.45, 2.75) is 31.7 Å². The van der Waals surface area contributed by atoms with Gasteiger partial charge in [0.05, 0.1) is 12.8 Å². The first kappa shape index (κ1) is 24.7. The highest BCUT2D eigenvalue weighted by atomic mass is 32.2. The van der Waals surface area contributed by atoms with Gasteiger partial charge in [-0.1, -0.05) is 0 Å². The second-order valence-electron chi connectivity index (χ2n) is 8.14. The topological polar surface area (TPSA) is 96.0 Å². The van der Waals surface area contributed by atoms with E-state index in [0.717, 1.165) is 0 Å². The number of carbonyl (C=O) groups is 2. The number of ether oxygens (including phenoxy) is 1. The zero-order valence-corrected chi connectivity index (χ0v) is 19.9. The molecular weight excluding hydrogens is 449 g/mol. The summed E-state index contributed by atoms with van der Waals surface area (Å²) >= 11 is 0. The van der Waals surface area contributed by atoms with Crippen LogP contribution in [0, 0.1) is 5.82 Å². The number of ketones is 1. The number of nitrogens with zero attached hydrogens (tertiary/aromatic N) is 2. The smallest absolute Gasteiger partial charge is 0.254 e. The zero-order chi connectivity index (χ0) is 24.3. The van der Waals surface area contributed by atoms with Crippen molar-refractivity contribution in [1.29, 1.82) is 0 Å². The van der Waals surface area contributed by atoms with Crippen molar-refractivity contribution in [3.8, 4) is 5.75 Å². The van der Waals surface area contributed by atoms with Crippen LogP contribution in [0.2, 0.25) is 0 Å². The average molecular weight is 478 g/mol. The molecule has 0 aromatic heterocycles. The van der Waals surface area contributed by atoms with Crippen molar-refractivity contribution >= 4 is 27.4 Å². The van der Waals surface area contributed by atoms with E-state index in [-0.39, 0.29) is 33.9 Å². The lowest BCUT2D eigenvalue weighted by atomic mass is 10.1. The molecule has 0 radical (unpaired) electrons. The minimum Gasteiger partial charge on any atom is -0.495 e. The van der Waals surface area contributed by atoms with E-state index in [1.54, 1.807) is 30.9 Å². The maximum atomic E-state index is 14.5. The molecule has 2 aromatic carbocycles. The first-order valence-corrected chi connectivity index (χ1v) is 12.1. The van der Waals surface area contributed by atoms with Gasteiger partial charge in [0.2, 0.25) is 10.0 Å². The molecule has 3 rings (SSSR count). The van der Waals surface area contributed by atoms with E-state index < -0.39 is 15.8 Å². The third-order valence-electron chi connectivity index (χ3n) is 5.35. The SMILES string of the molecule is COc1ccc(C(=O)N2CCN(c3ccc(C(C)=O)cc3F)CC2)cc1S(=O)(=O)NC(C)C. The minimum absolute atomic E-state index is 0.101. The number of anilines is 1. The van der Waals surface area contributed by atoms with Gasteiger partial charge in [0.15, 0.2) is 5.78 Å². The summed E-state index contributed by atoms with van der Waals surface area (Å²) in [6, 6.07) is 8.37. The number of piperazine rings is 1. The van der Waals surface area contributed by atoms with E-state index in [1.807, 2.05) is 4.90 Å². The molecule has 1 saturated heterocycles. The summed E-state index contributed by atoms with van der Waals surface area (Å²) in [5.74, 6) is -0.856. The van der Waals surface area contributed by atoms with Crippen LogP contribution >= 0.6 is 0 Å². The first-order valence-electron chi connectivity index (χ1n) is 10.6. The van der Waals surface area contributed by atoms with Gasteiger partial charge in [-0.15, -0.1) is 0 Å². The number of Topliss-reactive ketones (excluding diaryl/α,β-unsaturated/α-hetero) is 1. The fraction of sp³-hybridized carbons (Fsp3) is 0.391. The van der Waals surface area contributed by atoms with Gasteiger partial charge in [-0.3, -0.25) is 9.59 Å². The molecule has 1 aliphatic rings. The summed E-state index contributed by atoms with van der Waals surface area (Å²) in [5.41, 5.74) is 0.914. The number of nitrogens with one attached hydrogen (secondary N) is 1. The van der Waals surface area contributed by atoms with Gasteiger partial charge in [-0.25, -0.2) is 17.5 Å². The zero-order valence-electron chi connectivity index (χ0n) is 19.1. The maximum absolute atomic E-state index is 14.5. The van der Waals surface area contributed by atoms with Crippen LogP contribution in [0.5, 0.6) is 5.75 Å². The molecule has 0 spiro atoms. The quantitative estimate of drug-likeness (QED) is 0.616. The molecule has 0 bridgehead atoms. The lowest BCUT2D eigenvalue weighted by molar-refractivity contribution is 0.0746. The maximum Gasteiger partial charge on any atom is 0.254 e. The molecule has 178 valence electrons. The Morgan fingerprint density at radius 2 is 1.67 bits per heavy atom. The predicted molar refractivity (Wildman–Crippen MR) is 123 cm³/mol. The Labute approximate surface area is 193 Å². The van der Waals surface area contributed by atoms with Crippen molar-refractivity contribution in [3.63, 3.8) is 0 Å². The Hall–Kier alpha value is -2.98. The number of methoxy groups -OCH3 is 1. The van der Waals surface area contributed by atoms with Gasteiger partial charge >= 0.3 is 0 Å². The summed E-state index contributed by atoms with van der Waals surface area (Å²) < 4.78 is 47.6. The Bertz CT molecular complexity index is 1160. The second-order valence-corrected chi connectivity index (χ2v) is 9.83. The molecule has 1 fully saturated rings. The highest BCUT2D eigenvalue weighted by Crippen LogP contribution is 2.27. The molecule has 1 heterocycles. The Balaban J connectivity index is 1.76. The van der Waals surface area contributed by atoms with Crippen LogP contribution in [0.1, 0.15) is 41.5 Å². The van der Waals surface area contributed by atoms with E-state index >= 15 is 0 Å². The summed E-state index contributed by atoms with van der Waals surface area (Å²) in [6.45, 7) is 6.27. The van der Waals surface area contributed by atoms with E-state index in [4.69, 9.17) is 4.74 Å². The van der Waals surface area contributed by atoms with Crippen LogP contribution in [-0.4, -0.2) is 64.3 Å². The molecule has 0 saturated carbocycles. The van der Waals surface area contributed by atoms with Crippen LogP contribution in [0.15, 0.2) is 41.3 Å². The summed E-state index contributed by atoms with van der Waals surface area (Å²) in [6.07, 6.45) is 0. The van der Waals surface area contributed by atoms with E-state index in [9.17, 15) is 22.4 Å². The normalized spacial score (nSPS) is 14.5. The van der Waals surface area contributed by atoms with Crippen molar-refractivity contribution < 1.29 is 27.1 Å². The monoisotopic (exact) mass is 477 g/mol. The molecule has 33 heavy (non-hydrogen) atoms. The van der Waals surface area contributed by atoms with Crippen molar-refractivity contribution in [3.05, 3.63) is 53.3 Å². The number of benzene rings is 2. The molecule has 8 nitrogen and oxygen atoms in total. The van der Waals surface area contributed by atoms with Gasteiger partial charge in [0.25, 0.3) is 5.91 Å². The molecule has 2 aromatic rings. The second kappa shape index (κ2) is 9.88. The van der Waals surface area contributed by atoms with Crippen molar-refractivity contribution in [1.82, 2.24) is 9.62 Å². The van der Waals surface area contributed by atoms with E-state index in [2.05, 4.69) is 4.72 Å². The van der Waals surface area contributed by atoms with E-state index in [1.165, 1.54) is 38.3 Å². The molecule has 0 unspecified atom stereocenters. The van der Waals surface area contributed by atoms with Gasteiger partial charge in [-0.05, 0) is 57.2 Å². The molecule has 1 amide bonds. The third kappa shape index (κ3) is 5.51. The number of sulfonamides is 1. The number of carbonyl (C=O) groups excluding carboxylic acids is 2. The average Bonchev–Trinajstić information content (AvgIpc) is 2.77. The third-order valence-corrected chi connectivity index (χ3v) is 7.03. The number of hydrogen-bond donors (Lipinski definition) is 1. The number of halogens is 1. The molecule has 0 aliphatic carbocycles. The predicted octanol–water partition coefficient (Wildman–Crippen LogP) is 2.69. The van der Waals surface area contributed by atoms with Crippen molar-refractivity contribution in [2.24, 2.45) is 0 Å². The summed E-state index contributed by atoms with van der Waals surface area (Å²) in [4.78, 5) is 27.8. The fourth-order valence-electron chi connectivity index (χ4n) is 3.71. The summed E-state index contributed by atoms with van der Waals surface area (Å²) in [7, 11) is -2.50. The van der Waals surface area contributed by atoms with Gasteiger partial charge in [0.1, 0.15) is 16.5 Å². The largest absolute Gasteiger partial charge is 0.495 e. The summed E-state index contributed by atoms with van der Waals surface area (Å²) in [5, 5.41) is 0. The van der Waals surface area contributed by atoms with Crippen molar-refractivity contribution in [2.75, 3.05) is 38.2 Å². The highest BCUT2D eigenvalue weighted by Gasteiger charge is 2.27. The highest BCUT2D eigenvalue weighted by molar-refractivity contribution is 7.89. The number of hydrogen-bond acceptors (Lipinski definition) is 6. The van der Waals surface area contributed by atoms with Crippen LogP contribution in [0.3, 0.4) is 0 Å². The van der Waals surface area contributed by atoms with Crippen LogP contribution in [0.25, 0.3) is 0 Å². The molecule has 0 atom stereocenters. The number of rotatable bonds is 7. The molecule has 1 aliphatic heterocycles. The number of amides is 1. The Morgan fingerprint density at radius 1 is 1.03 bits per heavy atom. The van der Waals surface area contributed by atoms with Crippen LogP contribution in [-0.2, 0) is 10.0 Å².